The molecule has 2 aromatic heterocycles. The quantitative estimate of drug-likeness (QED) is 0.705. The van der Waals surface area contributed by atoms with Crippen molar-refractivity contribution in [3.8, 4) is 0 Å². The van der Waals surface area contributed by atoms with E-state index in [9.17, 15) is 0 Å². The Balaban J connectivity index is 2.70. The second kappa shape index (κ2) is 3.92. The Morgan fingerprint density at radius 2 is 1.82 bits per heavy atom. The molecule has 2 rings (SSSR count). The molecule has 0 aromatic carbocycles. The molecule has 0 atom stereocenters. The lowest BCUT2D eigenvalue weighted by Gasteiger charge is -2.19. The standard InChI is InChI=1S/C14H21NSSi/c1-14(2,3)11-7-8-15-13-10(11)9-12(16-13)17(4,5)6/h7-9H,1-6H3. The third-order valence-electron chi connectivity index (χ3n) is 2.98. The van der Waals surface area contributed by atoms with Crippen LogP contribution in [0.4, 0.5) is 0 Å². The molecule has 0 bridgehead atoms. The lowest BCUT2D eigenvalue weighted by atomic mass is 9.86. The van der Waals surface area contributed by atoms with E-state index in [1.807, 2.05) is 17.5 Å². The predicted octanol–water partition coefficient (Wildman–Crippen LogP) is 4.14. The summed E-state index contributed by atoms with van der Waals surface area (Å²) in [5, 5.41) is 1.36. The van der Waals surface area contributed by atoms with Gasteiger partial charge in [-0.2, -0.15) is 0 Å². The highest BCUT2D eigenvalue weighted by molar-refractivity contribution is 7.31. The van der Waals surface area contributed by atoms with E-state index < -0.39 is 8.07 Å². The molecule has 0 spiro atoms. The third kappa shape index (κ3) is 2.45. The van der Waals surface area contributed by atoms with Gasteiger partial charge in [-0.25, -0.2) is 4.98 Å². The Morgan fingerprint density at radius 3 is 2.35 bits per heavy atom. The molecule has 17 heavy (non-hydrogen) atoms. The maximum Gasteiger partial charge on any atom is 0.123 e. The minimum Gasteiger partial charge on any atom is -0.245 e. The molecule has 0 aliphatic carbocycles. The van der Waals surface area contributed by atoms with Crippen molar-refractivity contribution in [2.75, 3.05) is 0 Å². The van der Waals surface area contributed by atoms with Crippen LogP contribution in [0.1, 0.15) is 26.3 Å². The highest BCUT2D eigenvalue weighted by Crippen LogP contribution is 2.31. The summed E-state index contributed by atoms with van der Waals surface area (Å²) in [6.45, 7) is 14.0. The first kappa shape index (κ1) is 12.8. The van der Waals surface area contributed by atoms with Crippen LogP contribution in [0.15, 0.2) is 18.3 Å². The van der Waals surface area contributed by atoms with E-state index in [0.717, 1.165) is 0 Å². The molecule has 0 saturated heterocycles. The highest BCUT2D eigenvalue weighted by atomic mass is 32.1. The Labute approximate surface area is 109 Å². The zero-order valence-electron chi connectivity index (χ0n) is 11.6. The Bertz CT molecular complexity index is 543. The summed E-state index contributed by atoms with van der Waals surface area (Å²) in [5.41, 5.74) is 1.61. The van der Waals surface area contributed by atoms with Crippen LogP contribution >= 0.6 is 11.3 Å². The molecule has 0 aliphatic heterocycles. The Kier molecular flexibility index (Phi) is 2.95. The van der Waals surface area contributed by atoms with E-state index in [2.05, 4.69) is 57.5 Å². The van der Waals surface area contributed by atoms with Crippen LogP contribution in [0, 0.1) is 0 Å². The van der Waals surface area contributed by atoms with Crippen LogP contribution < -0.4 is 4.50 Å². The van der Waals surface area contributed by atoms with Crippen molar-refractivity contribution in [2.24, 2.45) is 0 Å². The summed E-state index contributed by atoms with van der Waals surface area (Å²) in [5.74, 6) is 0. The number of hydrogen-bond acceptors (Lipinski definition) is 2. The minimum atomic E-state index is -1.22. The van der Waals surface area contributed by atoms with Gasteiger partial charge in [0, 0.05) is 11.6 Å². The summed E-state index contributed by atoms with van der Waals surface area (Å²) in [4.78, 5) is 5.73. The topological polar surface area (TPSA) is 12.9 Å². The number of thiophene rings is 1. The molecule has 0 N–H and O–H groups in total. The zero-order valence-corrected chi connectivity index (χ0v) is 13.4. The normalized spacial score (nSPS) is 13.3. The van der Waals surface area contributed by atoms with Crippen molar-refractivity contribution >= 4 is 34.1 Å². The number of hydrogen-bond donors (Lipinski definition) is 0. The lowest BCUT2D eigenvalue weighted by molar-refractivity contribution is 0.595. The van der Waals surface area contributed by atoms with Gasteiger partial charge >= 0.3 is 0 Å². The van der Waals surface area contributed by atoms with Crippen LogP contribution in [0.25, 0.3) is 10.2 Å². The van der Waals surface area contributed by atoms with E-state index in [1.165, 1.54) is 15.8 Å². The van der Waals surface area contributed by atoms with E-state index in [-0.39, 0.29) is 5.41 Å². The summed E-state index contributed by atoms with van der Waals surface area (Å²) in [7, 11) is -1.22. The van der Waals surface area contributed by atoms with Crippen molar-refractivity contribution in [1.29, 1.82) is 0 Å². The first-order chi connectivity index (χ1) is 7.69. The van der Waals surface area contributed by atoms with E-state index in [1.54, 1.807) is 4.50 Å². The molecule has 0 saturated carbocycles. The number of aromatic nitrogens is 1. The monoisotopic (exact) mass is 263 g/mol. The summed E-state index contributed by atoms with van der Waals surface area (Å²) < 4.78 is 1.55. The average Bonchev–Trinajstić information content (AvgIpc) is 2.57. The van der Waals surface area contributed by atoms with Gasteiger partial charge in [0.25, 0.3) is 0 Å². The van der Waals surface area contributed by atoms with E-state index in [4.69, 9.17) is 0 Å². The van der Waals surface area contributed by atoms with Crippen LogP contribution in [0.3, 0.4) is 0 Å². The molecule has 2 heterocycles. The van der Waals surface area contributed by atoms with Gasteiger partial charge in [0.1, 0.15) is 4.83 Å². The number of nitrogens with zero attached hydrogens (tertiary/aromatic N) is 1. The molecule has 2 aromatic rings. The first-order valence-corrected chi connectivity index (χ1v) is 10.4. The van der Waals surface area contributed by atoms with E-state index >= 15 is 0 Å². The molecule has 1 nitrogen and oxygen atoms in total. The number of rotatable bonds is 1. The third-order valence-corrected chi connectivity index (χ3v) is 7.61. The van der Waals surface area contributed by atoms with Crippen LogP contribution in [-0.4, -0.2) is 13.1 Å². The van der Waals surface area contributed by atoms with Gasteiger partial charge in [-0.3, -0.25) is 0 Å². The fourth-order valence-electron chi connectivity index (χ4n) is 1.96. The largest absolute Gasteiger partial charge is 0.245 e. The van der Waals surface area contributed by atoms with E-state index in [0.29, 0.717) is 0 Å². The molecule has 0 aliphatic rings. The fraction of sp³-hybridized carbons (Fsp3) is 0.500. The van der Waals surface area contributed by atoms with Gasteiger partial charge in [0.15, 0.2) is 0 Å². The van der Waals surface area contributed by atoms with Gasteiger partial charge in [-0.05, 0) is 27.6 Å². The molecule has 92 valence electrons. The molecule has 0 amide bonds. The summed E-state index contributed by atoms with van der Waals surface area (Å²) in [6.07, 6.45) is 1.95. The van der Waals surface area contributed by atoms with Gasteiger partial charge in [-0.15, -0.1) is 11.3 Å². The average molecular weight is 263 g/mol. The number of pyridine rings is 1. The van der Waals surface area contributed by atoms with Crippen molar-refractivity contribution in [3.63, 3.8) is 0 Å². The highest BCUT2D eigenvalue weighted by Gasteiger charge is 2.23. The molecule has 0 radical (unpaired) electrons. The van der Waals surface area contributed by atoms with Crippen molar-refractivity contribution in [1.82, 2.24) is 4.98 Å². The lowest BCUT2D eigenvalue weighted by Crippen LogP contribution is -2.34. The predicted molar refractivity (Wildman–Crippen MR) is 81.3 cm³/mol. The molecule has 0 unspecified atom stereocenters. The van der Waals surface area contributed by atoms with Crippen LogP contribution in [0.2, 0.25) is 19.6 Å². The van der Waals surface area contributed by atoms with Gasteiger partial charge in [0.05, 0.1) is 8.07 Å². The summed E-state index contributed by atoms with van der Waals surface area (Å²) in [6, 6.07) is 4.56. The first-order valence-electron chi connectivity index (χ1n) is 6.09. The maximum atomic E-state index is 4.53. The van der Waals surface area contributed by atoms with Crippen molar-refractivity contribution in [2.45, 2.75) is 45.8 Å². The zero-order chi connectivity index (χ0) is 12.8. The smallest absolute Gasteiger partial charge is 0.123 e. The molecular formula is C14H21NSSi. The Hall–Kier alpha value is -0.673. The van der Waals surface area contributed by atoms with Crippen molar-refractivity contribution in [3.05, 3.63) is 23.9 Å². The van der Waals surface area contributed by atoms with Crippen molar-refractivity contribution < 1.29 is 0 Å². The second-order valence-electron chi connectivity index (χ2n) is 6.69. The summed E-state index contributed by atoms with van der Waals surface area (Å²) >= 11 is 1.89. The van der Waals surface area contributed by atoms with Gasteiger partial charge in [-0.1, -0.05) is 40.4 Å². The number of fused-ring (bicyclic) bond motifs is 1. The molecular weight excluding hydrogens is 242 g/mol. The van der Waals surface area contributed by atoms with Crippen LogP contribution in [-0.2, 0) is 5.41 Å². The van der Waals surface area contributed by atoms with Crippen LogP contribution in [0.5, 0.6) is 0 Å². The maximum absolute atomic E-state index is 4.53. The molecule has 3 heteroatoms. The fourth-order valence-corrected chi connectivity index (χ4v) is 4.83. The SMILES string of the molecule is CC(C)(C)c1ccnc2sc([Si](C)(C)C)cc12. The van der Waals surface area contributed by atoms with Gasteiger partial charge < -0.3 is 0 Å². The molecule has 0 fully saturated rings. The minimum absolute atomic E-state index is 0.193. The second-order valence-corrected chi connectivity index (χ2v) is 13.1. The Morgan fingerprint density at radius 1 is 1.18 bits per heavy atom. The van der Waals surface area contributed by atoms with Gasteiger partial charge in [0.2, 0.25) is 0 Å².